The minimum Gasteiger partial charge on any atom is -0.478 e. The highest BCUT2D eigenvalue weighted by Gasteiger charge is 2.30. The molecular formula is C23H27NO2. The normalized spacial score (nSPS) is 21.2. The first kappa shape index (κ1) is 18.3. The Labute approximate surface area is 156 Å². The van der Waals surface area contributed by atoms with Crippen molar-refractivity contribution in [2.45, 2.75) is 57.8 Å². The maximum atomic E-state index is 11.3. The monoisotopic (exact) mass is 349 g/mol. The topological polar surface area (TPSA) is 49.3 Å². The molecule has 3 nitrogen and oxygen atoms in total. The summed E-state index contributed by atoms with van der Waals surface area (Å²) >= 11 is 0. The molecule has 2 aliphatic carbocycles. The summed E-state index contributed by atoms with van der Waals surface area (Å²) in [6.07, 6.45) is 5.50. The molecule has 0 fully saturated rings. The average Bonchev–Trinajstić information content (AvgIpc) is 2.63. The third kappa shape index (κ3) is 3.55. The van der Waals surface area contributed by atoms with Crippen LogP contribution in [0.25, 0.3) is 0 Å². The molecule has 1 atom stereocenters. The van der Waals surface area contributed by atoms with Crippen LogP contribution in [0.1, 0.15) is 69.1 Å². The van der Waals surface area contributed by atoms with E-state index in [0.29, 0.717) is 30.0 Å². The van der Waals surface area contributed by atoms with Gasteiger partial charge in [0.1, 0.15) is 0 Å². The number of likely N-dealkylation sites (N-methyl/N-ethyl adjacent to an activating group) is 1. The van der Waals surface area contributed by atoms with Crippen LogP contribution in [0.3, 0.4) is 0 Å². The number of carboxylic acid groups (broad SMARTS) is 1. The van der Waals surface area contributed by atoms with E-state index in [9.17, 15) is 9.90 Å². The van der Waals surface area contributed by atoms with Crippen molar-refractivity contribution in [1.29, 1.82) is 0 Å². The Kier molecular flexibility index (Phi) is 4.96. The minimum absolute atomic E-state index is 0.196. The summed E-state index contributed by atoms with van der Waals surface area (Å²) in [5.41, 5.74) is 6.17. The lowest BCUT2D eigenvalue weighted by molar-refractivity contribution is -0.132. The van der Waals surface area contributed by atoms with E-state index in [1.165, 1.54) is 24.0 Å². The molecule has 0 radical (unpaired) electrons. The van der Waals surface area contributed by atoms with Crippen LogP contribution < -0.4 is 5.32 Å². The van der Waals surface area contributed by atoms with E-state index in [2.05, 4.69) is 56.1 Å². The van der Waals surface area contributed by atoms with E-state index in [1.54, 1.807) is 7.05 Å². The van der Waals surface area contributed by atoms with Crippen molar-refractivity contribution >= 4 is 5.97 Å². The second kappa shape index (κ2) is 7.03. The van der Waals surface area contributed by atoms with E-state index in [4.69, 9.17) is 0 Å². The number of allylic oxidation sites excluding steroid dienone is 2. The maximum absolute atomic E-state index is 11.3. The maximum Gasteiger partial charge on any atom is 0.333 e. The van der Waals surface area contributed by atoms with E-state index in [0.717, 1.165) is 11.1 Å². The molecule has 2 N–H and O–H groups in total. The van der Waals surface area contributed by atoms with Crippen LogP contribution in [0.2, 0.25) is 0 Å². The highest BCUT2D eigenvalue weighted by Crippen LogP contribution is 2.42. The molecular weight excluding hydrogens is 322 g/mol. The molecule has 0 spiro atoms. The Morgan fingerprint density at radius 3 is 2.73 bits per heavy atom. The molecule has 0 heterocycles. The van der Waals surface area contributed by atoms with Crippen LogP contribution in [0.15, 0.2) is 41.1 Å². The first-order chi connectivity index (χ1) is 12.3. The van der Waals surface area contributed by atoms with Gasteiger partial charge < -0.3 is 10.4 Å². The summed E-state index contributed by atoms with van der Waals surface area (Å²) in [6.45, 7) is 6.93. The Morgan fingerprint density at radius 1 is 1.27 bits per heavy atom. The highest BCUT2D eigenvalue weighted by atomic mass is 16.4. The lowest BCUT2D eigenvalue weighted by Gasteiger charge is -2.36. The van der Waals surface area contributed by atoms with Gasteiger partial charge >= 0.3 is 5.97 Å². The zero-order valence-corrected chi connectivity index (χ0v) is 16.1. The van der Waals surface area contributed by atoms with Crippen molar-refractivity contribution in [2.24, 2.45) is 0 Å². The van der Waals surface area contributed by atoms with Crippen molar-refractivity contribution < 1.29 is 9.90 Å². The average molecular weight is 349 g/mol. The zero-order valence-electron chi connectivity index (χ0n) is 16.1. The molecule has 0 bridgehead atoms. The number of fused-ring (bicyclic) bond motifs is 1. The molecule has 0 unspecified atom stereocenters. The molecule has 0 amide bonds. The second-order valence-electron chi connectivity index (χ2n) is 7.99. The van der Waals surface area contributed by atoms with Crippen LogP contribution >= 0.6 is 0 Å². The van der Waals surface area contributed by atoms with Crippen molar-refractivity contribution in [2.75, 3.05) is 7.05 Å². The Morgan fingerprint density at radius 2 is 2.04 bits per heavy atom. The SMILES string of the molecule is CNC1=C(C(=O)O)CCC(C#Cc2ccc3c(c2)C(C)(C)CC[C@H]3C)=C1. The fraction of sp³-hybridized carbons (Fsp3) is 0.435. The van der Waals surface area contributed by atoms with Gasteiger partial charge in [-0.1, -0.05) is 38.7 Å². The van der Waals surface area contributed by atoms with Crippen molar-refractivity contribution in [1.82, 2.24) is 5.32 Å². The third-order valence-corrected chi connectivity index (χ3v) is 5.70. The number of benzene rings is 1. The molecule has 1 aromatic carbocycles. The van der Waals surface area contributed by atoms with Gasteiger partial charge in [-0.25, -0.2) is 4.79 Å². The number of hydrogen-bond donors (Lipinski definition) is 2. The summed E-state index contributed by atoms with van der Waals surface area (Å²) in [7, 11) is 1.75. The fourth-order valence-electron chi connectivity index (χ4n) is 3.94. The van der Waals surface area contributed by atoms with Gasteiger partial charge in [0.25, 0.3) is 0 Å². The Balaban J connectivity index is 1.91. The minimum atomic E-state index is -0.858. The summed E-state index contributed by atoms with van der Waals surface area (Å²) in [5, 5.41) is 12.2. The first-order valence-electron chi connectivity index (χ1n) is 9.33. The summed E-state index contributed by atoms with van der Waals surface area (Å²) < 4.78 is 0. The van der Waals surface area contributed by atoms with E-state index < -0.39 is 5.97 Å². The van der Waals surface area contributed by atoms with Crippen LogP contribution in [0, 0.1) is 11.8 Å². The zero-order chi connectivity index (χ0) is 18.9. The van der Waals surface area contributed by atoms with Crippen LogP contribution in [0.5, 0.6) is 0 Å². The van der Waals surface area contributed by atoms with E-state index in [1.807, 2.05) is 6.08 Å². The Bertz CT molecular complexity index is 862. The molecule has 0 aliphatic heterocycles. The van der Waals surface area contributed by atoms with Gasteiger partial charge in [-0.2, -0.15) is 0 Å². The summed E-state index contributed by atoms with van der Waals surface area (Å²) in [6, 6.07) is 6.60. The van der Waals surface area contributed by atoms with Gasteiger partial charge in [0.2, 0.25) is 0 Å². The smallest absolute Gasteiger partial charge is 0.333 e. The molecule has 2 aliphatic rings. The Hall–Kier alpha value is -2.47. The molecule has 0 aromatic heterocycles. The van der Waals surface area contributed by atoms with Gasteiger partial charge in [-0.05, 0) is 66.4 Å². The van der Waals surface area contributed by atoms with Crippen molar-refractivity contribution in [3.8, 4) is 11.8 Å². The van der Waals surface area contributed by atoms with Crippen LogP contribution in [-0.2, 0) is 10.2 Å². The van der Waals surface area contributed by atoms with Crippen molar-refractivity contribution in [3.05, 3.63) is 57.8 Å². The second-order valence-corrected chi connectivity index (χ2v) is 7.99. The summed E-state index contributed by atoms with van der Waals surface area (Å²) in [4.78, 5) is 11.3. The number of rotatable bonds is 2. The predicted octanol–water partition coefficient (Wildman–Crippen LogP) is 4.49. The van der Waals surface area contributed by atoms with Gasteiger partial charge in [0.15, 0.2) is 0 Å². The summed E-state index contributed by atoms with van der Waals surface area (Å²) in [5.74, 6) is 6.29. The van der Waals surface area contributed by atoms with Gasteiger partial charge in [0.05, 0.1) is 5.57 Å². The fourth-order valence-corrected chi connectivity index (χ4v) is 3.94. The van der Waals surface area contributed by atoms with Gasteiger partial charge in [-0.3, -0.25) is 0 Å². The number of nitrogens with one attached hydrogen (secondary N) is 1. The number of carbonyl (C=O) groups is 1. The number of aliphatic carboxylic acids is 1. The number of carboxylic acids is 1. The predicted molar refractivity (Wildman–Crippen MR) is 105 cm³/mol. The molecule has 3 heteroatoms. The van der Waals surface area contributed by atoms with Crippen LogP contribution in [-0.4, -0.2) is 18.1 Å². The lowest BCUT2D eigenvalue weighted by Crippen LogP contribution is -2.25. The first-order valence-corrected chi connectivity index (χ1v) is 9.33. The lowest BCUT2D eigenvalue weighted by atomic mass is 9.69. The van der Waals surface area contributed by atoms with Crippen molar-refractivity contribution in [3.63, 3.8) is 0 Å². The molecule has 0 saturated heterocycles. The molecule has 26 heavy (non-hydrogen) atoms. The third-order valence-electron chi connectivity index (χ3n) is 5.70. The van der Waals surface area contributed by atoms with Gasteiger partial charge in [-0.15, -0.1) is 0 Å². The standard InChI is InChI=1S/C23H27NO2/c1-15-11-12-23(2,3)20-13-16(7-9-18(15)20)5-6-17-8-10-19(22(25)26)21(14-17)24-4/h7,9,13-15,24H,8,10-12H2,1-4H3,(H,25,26)/t15-/m1/s1. The molecule has 0 saturated carbocycles. The van der Waals surface area contributed by atoms with E-state index in [-0.39, 0.29) is 5.41 Å². The van der Waals surface area contributed by atoms with Gasteiger partial charge in [0, 0.05) is 23.9 Å². The highest BCUT2D eigenvalue weighted by molar-refractivity contribution is 5.88. The van der Waals surface area contributed by atoms with Crippen LogP contribution in [0.4, 0.5) is 0 Å². The molecule has 136 valence electrons. The molecule has 1 aromatic rings. The quantitative estimate of drug-likeness (QED) is 0.773. The van der Waals surface area contributed by atoms with E-state index >= 15 is 0 Å². The number of hydrogen-bond acceptors (Lipinski definition) is 2. The molecule has 3 rings (SSSR count). The largest absolute Gasteiger partial charge is 0.478 e.